The zero-order chi connectivity index (χ0) is 16.4. The van der Waals surface area contributed by atoms with Gasteiger partial charge in [0, 0.05) is 0 Å². The van der Waals surface area contributed by atoms with Crippen LogP contribution in [0.25, 0.3) is 0 Å². The van der Waals surface area contributed by atoms with E-state index in [-0.39, 0.29) is 18.8 Å². The van der Waals surface area contributed by atoms with Gasteiger partial charge in [-0.25, -0.2) is 0 Å². The van der Waals surface area contributed by atoms with E-state index >= 15 is 0 Å². The van der Waals surface area contributed by atoms with Gasteiger partial charge < -0.3 is 24.1 Å². The van der Waals surface area contributed by atoms with E-state index in [4.69, 9.17) is 18.9 Å². The fraction of sp³-hybridized carbons (Fsp3) is 0.588. The van der Waals surface area contributed by atoms with Gasteiger partial charge in [0.25, 0.3) is 0 Å². The molecule has 23 heavy (non-hydrogen) atoms. The molecule has 2 fully saturated rings. The van der Waals surface area contributed by atoms with Crippen molar-refractivity contribution >= 4 is 6.72 Å². The normalized spacial score (nSPS) is 33.3. The summed E-state index contributed by atoms with van der Waals surface area (Å²) in [4.78, 5) is 4.07. The van der Waals surface area contributed by atoms with Crippen molar-refractivity contribution in [1.82, 2.24) is 0 Å². The number of benzene rings is 1. The summed E-state index contributed by atoms with van der Waals surface area (Å²) >= 11 is 0. The number of aliphatic imine (C=N–C) groups is 1. The number of rotatable bonds is 6. The Labute approximate surface area is 136 Å². The standard InChI is InChI=1S/C17H23NO5/c1-17(2)22-15-13(18-3)14(21-16(15)23-17)12(19)10-20-9-11-7-5-4-6-8-11/h4-8,12-16,19H,3,9-10H2,1-2H3/t12?,13?,14-,15?,16-/m1/s1. The minimum absolute atomic E-state index is 0.147. The van der Waals surface area contributed by atoms with Crippen LogP contribution in [0.4, 0.5) is 0 Å². The van der Waals surface area contributed by atoms with Crippen molar-refractivity contribution in [1.29, 1.82) is 0 Å². The molecule has 0 spiro atoms. The Kier molecular flexibility index (Phi) is 4.79. The van der Waals surface area contributed by atoms with Gasteiger partial charge in [0.15, 0.2) is 12.1 Å². The lowest BCUT2D eigenvalue weighted by molar-refractivity contribution is -0.218. The Hall–Kier alpha value is -1.31. The molecule has 3 rings (SSSR count). The summed E-state index contributed by atoms with van der Waals surface area (Å²) in [6.45, 7) is 7.82. The second-order valence-corrected chi connectivity index (χ2v) is 6.31. The first-order chi connectivity index (χ1) is 11.0. The Balaban J connectivity index is 1.54. The molecule has 3 unspecified atom stereocenters. The van der Waals surface area contributed by atoms with Crippen LogP contribution >= 0.6 is 0 Å². The minimum atomic E-state index is -0.824. The molecule has 1 aromatic carbocycles. The van der Waals surface area contributed by atoms with Crippen molar-refractivity contribution in [3.63, 3.8) is 0 Å². The first kappa shape index (κ1) is 16.5. The zero-order valence-corrected chi connectivity index (χ0v) is 13.4. The second-order valence-electron chi connectivity index (χ2n) is 6.31. The maximum Gasteiger partial charge on any atom is 0.189 e. The Morgan fingerprint density at radius 1 is 1.30 bits per heavy atom. The third kappa shape index (κ3) is 3.62. The van der Waals surface area contributed by atoms with Crippen LogP contribution in [0, 0.1) is 0 Å². The Bertz CT molecular complexity index is 535. The molecule has 0 saturated carbocycles. The molecule has 6 nitrogen and oxygen atoms in total. The van der Waals surface area contributed by atoms with Gasteiger partial charge in [-0.3, -0.25) is 4.99 Å². The van der Waals surface area contributed by atoms with E-state index in [2.05, 4.69) is 11.7 Å². The summed E-state index contributed by atoms with van der Waals surface area (Å²) in [7, 11) is 0. The summed E-state index contributed by atoms with van der Waals surface area (Å²) in [5.41, 5.74) is 1.05. The van der Waals surface area contributed by atoms with E-state index < -0.39 is 24.3 Å². The summed E-state index contributed by atoms with van der Waals surface area (Å²) in [5, 5.41) is 10.4. The van der Waals surface area contributed by atoms with E-state index in [1.54, 1.807) is 0 Å². The van der Waals surface area contributed by atoms with Crippen molar-refractivity contribution in [3.8, 4) is 0 Å². The van der Waals surface area contributed by atoms with Gasteiger partial charge in [0.1, 0.15) is 24.4 Å². The average molecular weight is 321 g/mol. The predicted molar refractivity (Wildman–Crippen MR) is 84.1 cm³/mol. The van der Waals surface area contributed by atoms with Crippen molar-refractivity contribution in [3.05, 3.63) is 35.9 Å². The van der Waals surface area contributed by atoms with Crippen LogP contribution in [-0.4, -0.2) is 54.9 Å². The number of ether oxygens (including phenoxy) is 4. The third-order valence-electron chi connectivity index (χ3n) is 4.04. The molecule has 0 aromatic heterocycles. The highest BCUT2D eigenvalue weighted by atomic mass is 16.8. The van der Waals surface area contributed by atoms with Gasteiger partial charge in [0.2, 0.25) is 0 Å². The lowest BCUT2D eigenvalue weighted by atomic mass is 10.0. The fourth-order valence-corrected chi connectivity index (χ4v) is 3.01. The zero-order valence-electron chi connectivity index (χ0n) is 13.4. The quantitative estimate of drug-likeness (QED) is 0.804. The molecule has 6 heteroatoms. The van der Waals surface area contributed by atoms with Gasteiger partial charge in [-0.15, -0.1) is 0 Å². The summed E-state index contributed by atoms with van der Waals surface area (Å²) in [6, 6.07) is 9.42. The van der Waals surface area contributed by atoms with Crippen LogP contribution in [0.1, 0.15) is 19.4 Å². The number of aliphatic hydroxyl groups excluding tert-OH is 1. The smallest absolute Gasteiger partial charge is 0.189 e. The monoisotopic (exact) mass is 321 g/mol. The van der Waals surface area contributed by atoms with Crippen LogP contribution in [0.3, 0.4) is 0 Å². The van der Waals surface area contributed by atoms with Gasteiger partial charge in [-0.2, -0.15) is 0 Å². The molecule has 0 aliphatic carbocycles. The highest BCUT2D eigenvalue weighted by molar-refractivity contribution is 5.26. The van der Waals surface area contributed by atoms with Crippen molar-refractivity contribution in [2.75, 3.05) is 6.61 Å². The molecule has 126 valence electrons. The third-order valence-corrected chi connectivity index (χ3v) is 4.04. The Morgan fingerprint density at radius 2 is 2.04 bits per heavy atom. The van der Waals surface area contributed by atoms with Gasteiger partial charge in [0.05, 0.1) is 13.2 Å². The largest absolute Gasteiger partial charge is 0.388 e. The van der Waals surface area contributed by atoms with E-state index in [0.29, 0.717) is 6.61 Å². The van der Waals surface area contributed by atoms with Gasteiger partial charge in [-0.05, 0) is 26.1 Å². The first-order valence-corrected chi connectivity index (χ1v) is 7.77. The Morgan fingerprint density at radius 3 is 2.74 bits per heavy atom. The number of aliphatic hydroxyl groups is 1. The fourth-order valence-electron chi connectivity index (χ4n) is 3.01. The molecular formula is C17H23NO5. The second kappa shape index (κ2) is 6.67. The molecule has 0 amide bonds. The van der Waals surface area contributed by atoms with Crippen molar-refractivity contribution in [2.24, 2.45) is 4.99 Å². The molecule has 1 aromatic rings. The summed E-state index contributed by atoms with van der Waals surface area (Å²) < 4.78 is 22.8. The first-order valence-electron chi connectivity index (χ1n) is 7.77. The van der Waals surface area contributed by atoms with E-state index in [0.717, 1.165) is 5.56 Å². The maximum absolute atomic E-state index is 10.4. The van der Waals surface area contributed by atoms with E-state index in [1.165, 1.54) is 0 Å². The van der Waals surface area contributed by atoms with Crippen LogP contribution in [0.5, 0.6) is 0 Å². The molecule has 1 N–H and O–H groups in total. The number of nitrogens with zero attached hydrogens (tertiary/aromatic N) is 1. The topological polar surface area (TPSA) is 69.5 Å². The molecule has 2 saturated heterocycles. The van der Waals surface area contributed by atoms with Gasteiger partial charge in [-0.1, -0.05) is 30.3 Å². The van der Waals surface area contributed by atoms with Crippen LogP contribution < -0.4 is 0 Å². The van der Waals surface area contributed by atoms with Crippen LogP contribution in [-0.2, 0) is 25.6 Å². The molecular weight excluding hydrogens is 298 g/mol. The van der Waals surface area contributed by atoms with E-state index in [9.17, 15) is 5.11 Å². The predicted octanol–water partition coefficient (Wildman–Crippen LogP) is 1.51. The summed E-state index contributed by atoms with van der Waals surface area (Å²) in [6.07, 6.45) is -2.25. The van der Waals surface area contributed by atoms with Crippen molar-refractivity contribution < 1.29 is 24.1 Å². The molecule has 2 aliphatic heterocycles. The van der Waals surface area contributed by atoms with Crippen LogP contribution in [0.2, 0.25) is 0 Å². The van der Waals surface area contributed by atoms with Crippen LogP contribution in [0.15, 0.2) is 35.3 Å². The molecule has 5 atom stereocenters. The highest BCUT2D eigenvalue weighted by Crippen LogP contribution is 2.39. The molecule has 0 radical (unpaired) electrons. The molecule has 0 bridgehead atoms. The average Bonchev–Trinajstić information content (AvgIpc) is 2.99. The number of fused-ring (bicyclic) bond motifs is 1. The minimum Gasteiger partial charge on any atom is -0.388 e. The highest BCUT2D eigenvalue weighted by Gasteiger charge is 2.56. The van der Waals surface area contributed by atoms with Gasteiger partial charge >= 0.3 is 0 Å². The number of hydrogen-bond acceptors (Lipinski definition) is 6. The lowest BCUT2D eigenvalue weighted by Gasteiger charge is -2.26. The summed E-state index contributed by atoms with van der Waals surface area (Å²) in [5.74, 6) is -0.710. The SMILES string of the molecule is C=NC1C2OC(C)(C)O[C@H]2O[C@@H]1C(O)COCc1ccccc1. The van der Waals surface area contributed by atoms with E-state index in [1.807, 2.05) is 44.2 Å². The lowest BCUT2D eigenvalue weighted by Crippen LogP contribution is -2.41. The van der Waals surface area contributed by atoms with Crippen molar-refractivity contribution in [2.45, 2.75) is 56.9 Å². The molecule has 2 aliphatic rings. The molecule has 2 heterocycles. The maximum atomic E-state index is 10.4. The number of hydrogen-bond donors (Lipinski definition) is 1.